The van der Waals surface area contributed by atoms with Gasteiger partial charge in [0.2, 0.25) is 0 Å². The van der Waals surface area contributed by atoms with Gasteiger partial charge >= 0.3 is 0 Å². The lowest BCUT2D eigenvalue weighted by Gasteiger charge is -2.17. The molecule has 0 spiro atoms. The molecule has 0 saturated heterocycles. The lowest BCUT2D eigenvalue weighted by molar-refractivity contribution is 0.0745. The number of hydrogen-bond donors (Lipinski definition) is 1. The molecule has 0 aromatic heterocycles. The van der Waals surface area contributed by atoms with Crippen LogP contribution in [0, 0.1) is 0 Å². The average molecular weight is 243 g/mol. The lowest BCUT2D eigenvalue weighted by Crippen LogP contribution is -2.30. The number of likely N-dealkylation sites (N-methyl/N-ethyl adjacent to an activating group) is 1. The molecule has 0 aliphatic carbocycles. The summed E-state index contributed by atoms with van der Waals surface area (Å²) < 4.78 is 4.90. The first-order valence-electron chi connectivity index (χ1n) is 4.85. The maximum atomic E-state index is 12.0. The molecule has 0 saturated carbocycles. The molecular weight excluding hydrogens is 228 g/mol. The fourth-order valence-electron chi connectivity index (χ4n) is 1.25. The Morgan fingerprint density at radius 2 is 2.25 bits per heavy atom. The molecule has 0 fully saturated rings. The van der Waals surface area contributed by atoms with Crippen molar-refractivity contribution in [3.05, 3.63) is 28.8 Å². The van der Waals surface area contributed by atoms with Crippen LogP contribution in [-0.4, -0.2) is 38.1 Å². The number of nitrogens with two attached hydrogens (primary N) is 1. The third-order valence-corrected chi connectivity index (χ3v) is 2.46. The maximum Gasteiger partial charge on any atom is 0.255 e. The third kappa shape index (κ3) is 3.12. The van der Waals surface area contributed by atoms with Crippen LogP contribution >= 0.6 is 11.6 Å². The van der Waals surface area contributed by atoms with Gasteiger partial charge < -0.3 is 15.4 Å². The standard InChI is InChI=1S/C11H15ClN2O2/c1-14(5-6-16-2)11(15)9-7-8(12)3-4-10(9)13/h3-4,7H,5-6,13H2,1-2H3. The Morgan fingerprint density at radius 3 is 2.88 bits per heavy atom. The SMILES string of the molecule is COCCN(C)C(=O)c1cc(Cl)ccc1N. The summed E-state index contributed by atoms with van der Waals surface area (Å²) in [4.78, 5) is 13.5. The van der Waals surface area contributed by atoms with Gasteiger partial charge in [0.25, 0.3) is 5.91 Å². The molecular formula is C11H15ClN2O2. The van der Waals surface area contributed by atoms with Crippen LogP contribution in [0.5, 0.6) is 0 Å². The summed E-state index contributed by atoms with van der Waals surface area (Å²) in [6.07, 6.45) is 0. The second-order valence-electron chi connectivity index (χ2n) is 3.45. The van der Waals surface area contributed by atoms with Crippen molar-refractivity contribution in [1.29, 1.82) is 0 Å². The van der Waals surface area contributed by atoms with E-state index in [0.29, 0.717) is 29.4 Å². The molecule has 4 nitrogen and oxygen atoms in total. The Balaban J connectivity index is 2.83. The second kappa shape index (κ2) is 5.72. The Labute approximate surface area is 99.9 Å². The van der Waals surface area contributed by atoms with Crippen LogP contribution in [0.15, 0.2) is 18.2 Å². The number of anilines is 1. The van der Waals surface area contributed by atoms with Gasteiger partial charge in [-0.3, -0.25) is 4.79 Å². The number of carbonyl (C=O) groups is 1. The van der Waals surface area contributed by atoms with Gasteiger partial charge in [-0.2, -0.15) is 0 Å². The van der Waals surface area contributed by atoms with Gasteiger partial charge in [-0.1, -0.05) is 11.6 Å². The van der Waals surface area contributed by atoms with E-state index >= 15 is 0 Å². The monoisotopic (exact) mass is 242 g/mol. The molecule has 5 heteroatoms. The van der Waals surface area contributed by atoms with Gasteiger partial charge in [-0.15, -0.1) is 0 Å². The van der Waals surface area contributed by atoms with Crippen LogP contribution in [0.1, 0.15) is 10.4 Å². The number of benzene rings is 1. The number of carbonyl (C=O) groups excluding carboxylic acids is 1. The molecule has 1 amide bonds. The van der Waals surface area contributed by atoms with Crippen molar-refractivity contribution in [2.24, 2.45) is 0 Å². The first-order chi connectivity index (χ1) is 7.56. The number of methoxy groups -OCH3 is 1. The van der Waals surface area contributed by atoms with Crippen molar-refractivity contribution in [2.45, 2.75) is 0 Å². The fraction of sp³-hybridized carbons (Fsp3) is 0.364. The van der Waals surface area contributed by atoms with E-state index in [9.17, 15) is 4.79 Å². The van der Waals surface area contributed by atoms with Crippen molar-refractivity contribution in [3.63, 3.8) is 0 Å². The quantitative estimate of drug-likeness (QED) is 0.817. The van der Waals surface area contributed by atoms with Gasteiger partial charge in [-0.05, 0) is 18.2 Å². The van der Waals surface area contributed by atoms with Gasteiger partial charge in [0, 0.05) is 31.4 Å². The van der Waals surface area contributed by atoms with E-state index in [4.69, 9.17) is 22.1 Å². The Kier molecular flexibility index (Phi) is 4.58. The number of ether oxygens (including phenoxy) is 1. The zero-order valence-corrected chi connectivity index (χ0v) is 10.1. The molecule has 16 heavy (non-hydrogen) atoms. The highest BCUT2D eigenvalue weighted by molar-refractivity contribution is 6.31. The zero-order chi connectivity index (χ0) is 12.1. The van der Waals surface area contributed by atoms with Crippen LogP contribution < -0.4 is 5.73 Å². The van der Waals surface area contributed by atoms with Crippen LogP contribution in [0.2, 0.25) is 5.02 Å². The molecule has 0 heterocycles. The molecule has 2 N–H and O–H groups in total. The van der Waals surface area contributed by atoms with Crippen LogP contribution in [0.4, 0.5) is 5.69 Å². The Bertz CT molecular complexity index is 382. The zero-order valence-electron chi connectivity index (χ0n) is 9.37. The topological polar surface area (TPSA) is 55.6 Å². The molecule has 0 aliphatic heterocycles. The molecule has 0 aliphatic rings. The van der Waals surface area contributed by atoms with Crippen molar-refractivity contribution >= 4 is 23.2 Å². The minimum absolute atomic E-state index is 0.156. The van der Waals surface area contributed by atoms with Crippen LogP contribution in [-0.2, 0) is 4.74 Å². The highest BCUT2D eigenvalue weighted by atomic mass is 35.5. The molecule has 0 radical (unpaired) electrons. The van der Waals surface area contributed by atoms with Crippen molar-refractivity contribution in [2.75, 3.05) is 33.0 Å². The van der Waals surface area contributed by atoms with E-state index in [-0.39, 0.29) is 5.91 Å². The molecule has 88 valence electrons. The number of amides is 1. The van der Waals surface area contributed by atoms with E-state index in [1.165, 1.54) is 0 Å². The number of nitrogen functional groups attached to an aromatic ring is 1. The number of nitrogens with zero attached hydrogens (tertiary/aromatic N) is 1. The van der Waals surface area contributed by atoms with Gasteiger partial charge in [0.15, 0.2) is 0 Å². The van der Waals surface area contributed by atoms with E-state index in [0.717, 1.165) is 0 Å². The predicted octanol–water partition coefficient (Wildman–Crippen LogP) is 1.64. The first-order valence-corrected chi connectivity index (χ1v) is 5.23. The van der Waals surface area contributed by atoms with Crippen molar-refractivity contribution in [3.8, 4) is 0 Å². The van der Waals surface area contributed by atoms with Crippen molar-refractivity contribution < 1.29 is 9.53 Å². The number of halogens is 1. The number of rotatable bonds is 4. The minimum atomic E-state index is -0.156. The highest BCUT2D eigenvalue weighted by Crippen LogP contribution is 2.19. The van der Waals surface area contributed by atoms with Gasteiger partial charge in [0.1, 0.15) is 0 Å². The van der Waals surface area contributed by atoms with Gasteiger partial charge in [-0.25, -0.2) is 0 Å². The van der Waals surface area contributed by atoms with Crippen molar-refractivity contribution in [1.82, 2.24) is 4.90 Å². The summed E-state index contributed by atoms with van der Waals surface area (Å²) in [5.74, 6) is -0.156. The molecule has 1 aromatic carbocycles. The summed E-state index contributed by atoms with van der Waals surface area (Å²) >= 11 is 5.82. The average Bonchev–Trinajstić information content (AvgIpc) is 2.28. The summed E-state index contributed by atoms with van der Waals surface area (Å²) in [7, 11) is 3.29. The fourth-order valence-corrected chi connectivity index (χ4v) is 1.42. The minimum Gasteiger partial charge on any atom is -0.398 e. The highest BCUT2D eigenvalue weighted by Gasteiger charge is 2.14. The normalized spacial score (nSPS) is 10.2. The molecule has 1 rings (SSSR count). The number of hydrogen-bond acceptors (Lipinski definition) is 3. The largest absolute Gasteiger partial charge is 0.398 e. The predicted molar refractivity (Wildman–Crippen MR) is 64.7 cm³/mol. The lowest BCUT2D eigenvalue weighted by atomic mass is 10.1. The van der Waals surface area contributed by atoms with Gasteiger partial charge in [0.05, 0.1) is 12.2 Å². The summed E-state index contributed by atoms with van der Waals surface area (Å²) in [6, 6.07) is 4.85. The van der Waals surface area contributed by atoms with E-state index in [2.05, 4.69) is 0 Å². The molecule has 1 aromatic rings. The summed E-state index contributed by atoms with van der Waals surface area (Å²) in [5, 5.41) is 0.498. The Hall–Kier alpha value is -1.26. The van der Waals surface area contributed by atoms with Crippen LogP contribution in [0.3, 0.4) is 0 Å². The van der Waals surface area contributed by atoms with E-state index in [1.54, 1.807) is 37.3 Å². The summed E-state index contributed by atoms with van der Waals surface area (Å²) in [5.41, 5.74) is 6.57. The molecule has 0 unspecified atom stereocenters. The smallest absolute Gasteiger partial charge is 0.255 e. The molecule has 0 atom stereocenters. The third-order valence-electron chi connectivity index (χ3n) is 2.22. The Morgan fingerprint density at radius 1 is 1.56 bits per heavy atom. The summed E-state index contributed by atoms with van der Waals surface area (Å²) in [6.45, 7) is 1.00. The van der Waals surface area contributed by atoms with E-state index in [1.807, 2.05) is 0 Å². The first kappa shape index (κ1) is 12.8. The van der Waals surface area contributed by atoms with Crippen LogP contribution in [0.25, 0.3) is 0 Å². The molecule has 0 bridgehead atoms. The second-order valence-corrected chi connectivity index (χ2v) is 3.89. The maximum absolute atomic E-state index is 12.0. The van der Waals surface area contributed by atoms with E-state index < -0.39 is 0 Å².